The van der Waals surface area contributed by atoms with Gasteiger partial charge in [0.2, 0.25) is 0 Å². The van der Waals surface area contributed by atoms with Crippen LogP contribution in [0.15, 0.2) is 30.9 Å². The number of benzene rings is 1. The maximum atomic E-state index is 11.3. The maximum absolute atomic E-state index is 11.3. The Balaban J connectivity index is 3.00. The molecule has 0 bridgehead atoms. The smallest absolute Gasteiger partial charge is 0.188 e. The van der Waals surface area contributed by atoms with E-state index in [0.717, 1.165) is 0 Å². The highest BCUT2D eigenvalue weighted by atomic mass is 16.3. The molecule has 15 heavy (non-hydrogen) atoms. The number of allylic oxidation sites excluding steroid dienone is 1. The molecule has 3 heteroatoms. The van der Waals surface area contributed by atoms with Crippen molar-refractivity contribution in [2.24, 2.45) is 0 Å². The van der Waals surface area contributed by atoms with Gasteiger partial charge in [-0.25, -0.2) is 0 Å². The molecule has 0 aromatic heterocycles. The fraction of sp³-hybridized carbons (Fsp3) is 0.250. The summed E-state index contributed by atoms with van der Waals surface area (Å²) >= 11 is 0. The molecule has 0 saturated heterocycles. The van der Waals surface area contributed by atoms with Crippen LogP contribution in [0.3, 0.4) is 0 Å². The highest BCUT2D eigenvalue weighted by Crippen LogP contribution is 2.24. The second kappa shape index (κ2) is 5.32. The second-order valence-electron chi connectivity index (χ2n) is 3.21. The Labute approximate surface area is 88.7 Å². The minimum Gasteiger partial charge on any atom is -0.507 e. The van der Waals surface area contributed by atoms with Gasteiger partial charge in [0.1, 0.15) is 5.75 Å². The molecule has 0 aliphatic heterocycles. The molecule has 0 atom stereocenters. The number of hydrogen-bond acceptors (Lipinski definition) is 3. The molecule has 1 rings (SSSR count). The summed E-state index contributed by atoms with van der Waals surface area (Å²) in [5, 5.41) is 18.4. The summed E-state index contributed by atoms with van der Waals surface area (Å²) in [6.45, 7) is 3.44. The number of carbonyl (C=O) groups is 1. The van der Waals surface area contributed by atoms with Crippen LogP contribution in [0.4, 0.5) is 0 Å². The third kappa shape index (κ3) is 2.67. The molecule has 0 aliphatic carbocycles. The lowest BCUT2D eigenvalue weighted by Crippen LogP contribution is -1.98. The lowest BCUT2D eigenvalue weighted by molar-refractivity contribution is 0.104. The fourth-order valence-corrected chi connectivity index (χ4v) is 1.37. The SMILES string of the molecule is C=CC(=O)c1cccc(CCCO)c1O. The zero-order chi connectivity index (χ0) is 11.3. The number of rotatable bonds is 5. The van der Waals surface area contributed by atoms with Crippen molar-refractivity contribution in [3.8, 4) is 5.75 Å². The van der Waals surface area contributed by atoms with Crippen molar-refractivity contribution < 1.29 is 15.0 Å². The molecular weight excluding hydrogens is 192 g/mol. The fourth-order valence-electron chi connectivity index (χ4n) is 1.37. The summed E-state index contributed by atoms with van der Waals surface area (Å²) in [7, 11) is 0. The van der Waals surface area contributed by atoms with Crippen LogP contribution < -0.4 is 0 Å². The van der Waals surface area contributed by atoms with E-state index >= 15 is 0 Å². The van der Waals surface area contributed by atoms with E-state index in [2.05, 4.69) is 6.58 Å². The topological polar surface area (TPSA) is 57.5 Å². The molecule has 80 valence electrons. The summed E-state index contributed by atoms with van der Waals surface area (Å²) < 4.78 is 0. The predicted octanol–water partition coefficient (Wildman–Crippen LogP) is 1.69. The van der Waals surface area contributed by atoms with Crippen molar-refractivity contribution in [1.82, 2.24) is 0 Å². The molecule has 3 nitrogen and oxygen atoms in total. The monoisotopic (exact) mass is 206 g/mol. The van der Waals surface area contributed by atoms with E-state index in [1.54, 1.807) is 18.2 Å². The number of aliphatic hydroxyl groups is 1. The summed E-state index contributed by atoms with van der Waals surface area (Å²) in [6.07, 6.45) is 2.30. The highest BCUT2D eigenvalue weighted by molar-refractivity contribution is 6.06. The molecular formula is C12H14O3. The van der Waals surface area contributed by atoms with Gasteiger partial charge >= 0.3 is 0 Å². The van der Waals surface area contributed by atoms with Crippen LogP contribution >= 0.6 is 0 Å². The van der Waals surface area contributed by atoms with E-state index in [1.807, 2.05) is 0 Å². The normalized spacial score (nSPS) is 9.93. The number of aromatic hydroxyl groups is 1. The molecule has 0 saturated carbocycles. The zero-order valence-corrected chi connectivity index (χ0v) is 8.44. The van der Waals surface area contributed by atoms with Crippen molar-refractivity contribution in [2.45, 2.75) is 12.8 Å². The van der Waals surface area contributed by atoms with Crippen LogP contribution in [-0.2, 0) is 6.42 Å². The van der Waals surface area contributed by atoms with Gasteiger partial charge in [0.05, 0.1) is 5.56 Å². The summed E-state index contributed by atoms with van der Waals surface area (Å²) in [5.74, 6) is -0.297. The van der Waals surface area contributed by atoms with Crippen LogP contribution in [0.2, 0.25) is 0 Å². The average Bonchev–Trinajstić information content (AvgIpc) is 2.27. The van der Waals surface area contributed by atoms with E-state index in [-0.39, 0.29) is 23.7 Å². The number of para-hydroxylation sites is 1. The van der Waals surface area contributed by atoms with Crippen LogP contribution in [0, 0.1) is 0 Å². The first kappa shape index (κ1) is 11.5. The zero-order valence-electron chi connectivity index (χ0n) is 8.44. The van der Waals surface area contributed by atoms with Gasteiger partial charge in [-0.2, -0.15) is 0 Å². The first-order chi connectivity index (χ1) is 7.20. The van der Waals surface area contributed by atoms with E-state index in [9.17, 15) is 9.90 Å². The molecule has 0 aliphatic rings. The molecule has 0 radical (unpaired) electrons. The number of phenolic OH excluding ortho intramolecular Hbond substituents is 1. The number of carbonyl (C=O) groups excluding carboxylic acids is 1. The first-order valence-corrected chi connectivity index (χ1v) is 4.79. The van der Waals surface area contributed by atoms with Crippen molar-refractivity contribution in [2.75, 3.05) is 6.61 Å². The standard InChI is InChI=1S/C12H14O3/c1-2-11(14)10-7-3-5-9(12(10)15)6-4-8-13/h2-3,5,7,13,15H,1,4,6,8H2. The number of aliphatic hydroxyl groups excluding tert-OH is 1. The quantitative estimate of drug-likeness (QED) is 0.569. The van der Waals surface area contributed by atoms with Crippen molar-refractivity contribution in [3.05, 3.63) is 42.0 Å². The Hall–Kier alpha value is -1.61. The average molecular weight is 206 g/mol. The van der Waals surface area contributed by atoms with Gasteiger partial charge in [-0.15, -0.1) is 0 Å². The minimum absolute atomic E-state index is 0.00384. The predicted molar refractivity (Wildman–Crippen MR) is 58.0 cm³/mol. The maximum Gasteiger partial charge on any atom is 0.188 e. The van der Waals surface area contributed by atoms with E-state index in [1.165, 1.54) is 6.08 Å². The lowest BCUT2D eigenvalue weighted by atomic mass is 10.0. The number of hydrogen-bond donors (Lipinski definition) is 2. The van der Waals surface area contributed by atoms with Crippen molar-refractivity contribution >= 4 is 5.78 Å². The molecule has 0 unspecified atom stereocenters. The molecule has 0 spiro atoms. The number of aryl methyl sites for hydroxylation is 1. The van der Waals surface area contributed by atoms with Crippen molar-refractivity contribution in [1.29, 1.82) is 0 Å². The Morgan fingerprint density at radius 1 is 1.47 bits per heavy atom. The van der Waals surface area contributed by atoms with E-state index in [4.69, 9.17) is 5.11 Å². The molecule has 0 fully saturated rings. The van der Waals surface area contributed by atoms with Gasteiger partial charge in [0.25, 0.3) is 0 Å². The summed E-state index contributed by atoms with van der Waals surface area (Å²) in [6, 6.07) is 5.01. The highest BCUT2D eigenvalue weighted by Gasteiger charge is 2.10. The molecule has 1 aromatic carbocycles. The number of phenols is 1. The Morgan fingerprint density at radius 2 is 2.20 bits per heavy atom. The Bertz CT molecular complexity index is 369. The Kier molecular flexibility index (Phi) is 4.06. The third-order valence-electron chi connectivity index (χ3n) is 2.17. The second-order valence-corrected chi connectivity index (χ2v) is 3.21. The van der Waals surface area contributed by atoms with Gasteiger partial charge in [-0.3, -0.25) is 4.79 Å². The van der Waals surface area contributed by atoms with Gasteiger partial charge in [-0.1, -0.05) is 18.7 Å². The van der Waals surface area contributed by atoms with Gasteiger partial charge in [0, 0.05) is 6.61 Å². The molecule has 0 amide bonds. The van der Waals surface area contributed by atoms with Crippen LogP contribution in [-0.4, -0.2) is 22.6 Å². The van der Waals surface area contributed by atoms with Gasteiger partial charge < -0.3 is 10.2 Å². The molecule has 2 N–H and O–H groups in total. The van der Waals surface area contributed by atoms with Gasteiger partial charge in [0.15, 0.2) is 5.78 Å². The van der Waals surface area contributed by atoms with Crippen molar-refractivity contribution in [3.63, 3.8) is 0 Å². The van der Waals surface area contributed by atoms with E-state index < -0.39 is 0 Å². The van der Waals surface area contributed by atoms with Crippen LogP contribution in [0.5, 0.6) is 5.75 Å². The molecule has 0 heterocycles. The van der Waals surface area contributed by atoms with E-state index in [0.29, 0.717) is 18.4 Å². The lowest BCUT2D eigenvalue weighted by Gasteiger charge is -2.06. The number of ketones is 1. The third-order valence-corrected chi connectivity index (χ3v) is 2.17. The molecule has 1 aromatic rings. The largest absolute Gasteiger partial charge is 0.507 e. The summed E-state index contributed by atoms with van der Waals surface area (Å²) in [5.41, 5.74) is 0.942. The van der Waals surface area contributed by atoms with Gasteiger partial charge in [-0.05, 0) is 30.5 Å². The minimum atomic E-state index is -0.293. The van der Waals surface area contributed by atoms with Crippen LogP contribution in [0.25, 0.3) is 0 Å². The summed E-state index contributed by atoms with van der Waals surface area (Å²) in [4.78, 5) is 11.3. The van der Waals surface area contributed by atoms with Crippen LogP contribution in [0.1, 0.15) is 22.3 Å². The Morgan fingerprint density at radius 3 is 2.80 bits per heavy atom. The first-order valence-electron chi connectivity index (χ1n) is 4.79.